The minimum absolute atomic E-state index is 0.0587. The van der Waals surface area contributed by atoms with Crippen LogP contribution in [0, 0.1) is 6.92 Å². The van der Waals surface area contributed by atoms with Crippen LogP contribution < -0.4 is 0 Å². The van der Waals surface area contributed by atoms with Gasteiger partial charge >= 0.3 is 0 Å². The Labute approximate surface area is 135 Å². The third kappa shape index (κ3) is 2.69. The molecule has 1 unspecified atom stereocenters. The van der Waals surface area contributed by atoms with Crippen LogP contribution in [0.4, 0.5) is 0 Å². The summed E-state index contributed by atoms with van der Waals surface area (Å²) < 4.78 is 1.64. The first-order valence-electron chi connectivity index (χ1n) is 8.44. The number of fused-ring (bicyclic) bond motifs is 1. The molecule has 2 aliphatic rings. The van der Waals surface area contributed by atoms with Crippen molar-refractivity contribution < 1.29 is 4.79 Å². The Balaban J connectivity index is 1.55. The Morgan fingerprint density at radius 1 is 1.26 bits per heavy atom. The van der Waals surface area contributed by atoms with E-state index in [2.05, 4.69) is 20.0 Å². The first-order chi connectivity index (χ1) is 11.2. The average Bonchev–Trinajstić information content (AvgIpc) is 3.27. The van der Waals surface area contributed by atoms with Crippen LogP contribution >= 0.6 is 0 Å². The lowest BCUT2D eigenvalue weighted by molar-refractivity contribution is 0.0696. The van der Waals surface area contributed by atoms with Gasteiger partial charge in [-0.05, 0) is 51.8 Å². The van der Waals surface area contributed by atoms with Gasteiger partial charge in [0.25, 0.3) is 11.7 Å². The van der Waals surface area contributed by atoms with E-state index in [-0.39, 0.29) is 11.7 Å². The highest BCUT2D eigenvalue weighted by atomic mass is 16.2. The van der Waals surface area contributed by atoms with Crippen molar-refractivity contribution in [2.45, 2.75) is 38.6 Å². The number of carbonyl (C=O) groups is 1. The van der Waals surface area contributed by atoms with E-state index in [1.807, 2.05) is 17.9 Å². The van der Waals surface area contributed by atoms with Crippen LogP contribution in [0.25, 0.3) is 5.78 Å². The Morgan fingerprint density at radius 3 is 2.87 bits per heavy atom. The summed E-state index contributed by atoms with van der Waals surface area (Å²) in [6, 6.07) is 2.16. The summed E-state index contributed by atoms with van der Waals surface area (Å²) in [5, 5.41) is 4.36. The van der Waals surface area contributed by atoms with Crippen molar-refractivity contribution in [1.29, 1.82) is 0 Å². The molecule has 1 atom stereocenters. The SMILES string of the molecule is Cc1ccnc2nc(C(=O)N3CCCC3CN3CCCC3)nn12. The van der Waals surface area contributed by atoms with Gasteiger partial charge in [0.15, 0.2) is 0 Å². The largest absolute Gasteiger partial charge is 0.332 e. The van der Waals surface area contributed by atoms with Crippen molar-refractivity contribution in [3.8, 4) is 0 Å². The molecule has 0 aromatic carbocycles. The zero-order valence-corrected chi connectivity index (χ0v) is 13.5. The summed E-state index contributed by atoms with van der Waals surface area (Å²) >= 11 is 0. The summed E-state index contributed by atoms with van der Waals surface area (Å²) in [4.78, 5) is 25.8. The normalized spacial score (nSPS) is 22.3. The standard InChI is InChI=1S/C16H22N6O/c1-12-6-7-17-16-18-14(19-22(12)16)15(23)21-10-4-5-13(21)11-20-8-2-3-9-20/h6-7,13H,2-5,8-11H2,1H3. The minimum Gasteiger partial charge on any atom is -0.332 e. The highest BCUT2D eigenvalue weighted by Gasteiger charge is 2.33. The van der Waals surface area contributed by atoms with Crippen molar-refractivity contribution in [2.24, 2.45) is 0 Å². The Morgan fingerprint density at radius 2 is 2.09 bits per heavy atom. The molecular weight excluding hydrogens is 292 g/mol. The lowest BCUT2D eigenvalue weighted by Gasteiger charge is -2.27. The molecule has 0 spiro atoms. The molecule has 0 N–H and O–H groups in total. The molecule has 0 bridgehead atoms. The highest BCUT2D eigenvalue weighted by Crippen LogP contribution is 2.22. The monoisotopic (exact) mass is 314 g/mol. The van der Waals surface area contributed by atoms with Crippen molar-refractivity contribution >= 4 is 11.7 Å². The fraction of sp³-hybridized carbons (Fsp3) is 0.625. The summed E-state index contributed by atoms with van der Waals surface area (Å²) in [5.74, 6) is 0.695. The zero-order valence-electron chi connectivity index (χ0n) is 13.5. The number of rotatable bonds is 3. The van der Waals surface area contributed by atoms with Gasteiger partial charge in [-0.3, -0.25) is 4.79 Å². The van der Waals surface area contributed by atoms with Crippen molar-refractivity contribution in [1.82, 2.24) is 29.4 Å². The van der Waals surface area contributed by atoms with Crippen LogP contribution in [0.1, 0.15) is 42.0 Å². The van der Waals surface area contributed by atoms with Gasteiger partial charge in [-0.2, -0.15) is 4.98 Å². The van der Waals surface area contributed by atoms with Crippen LogP contribution in [0.3, 0.4) is 0 Å². The van der Waals surface area contributed by atoms with Crippen LogP contribution in [-0.4, -0.2) is 67.5 Å². The summed E-state index contributed by atoms with van der Waals surface area (Å²) in [6.07, 6.45) is 6.39. The molecular formula is C16H22N6O. The van der Waals surface area contributed by atoms with E-state index >= 15 is 0 Å². The van der Waals surface area contributed by atoms with Crippen molar-refractivity contribution in [3.05, 3.63) is 23.8 Å². The smallest absolute Gasteiger partial charge is 0.293 e. The van der Waals surface area contributed by atoms with Gasteiger partial charge < -0.3 is 9.80 Å². The molecule has 7 heteroatoms. The fourth-order valence-corrected chi connectivity index (χ4v) is 3.68. The lowest BCUT2D eigenvalue weighted by atomic mass is 10.2. The molecule has 0 saturated carbocycles. The van der Waals surface area contributed by atoms with Gasteiger partial charge in [-0.1, -0.05) is 0 Å². The second-order valence-electron chi connectivity index (χ2n) is 6.54. The maximum absolute atomic E-state index is 12.9. The second-order valence-corrected chi connectivity index (χ2v) is 6.54. The molecule has 7 nitrogen and oxygen atoms in total. The Hall–Kier alpha value is -2.02. The number of amides is 1. The zero-order chi connectivity index (χ0) is 15.8. The van der Waals surface area contributed by atoms with Gasteiger partial charge in [0, 0.05) is 31.0 Å². The average molecular weight is 314 g/mol. The third-order valence-corrected chi connectivity index (χ3v) is 4.93. The molecule has 2 fully saturated rings. The summed E-state index contributed by atoms with van der Waals surface area (Å²) in [5.41, 5.74) is 0.927. The third-order valence-electron chi connectivity index (χ3n) is 4.93. The molecule has 4 heterocycles. The van der Waals surface area contributed by atoms with Gasteiger partial charge in [0.1, 0.15) is 0 Å². The number of hydrogen-bond acceptors (Lipinski definition) is 5. The number of aryl methyl sites for hydroxylation is 1. The van der Waals surface area contributed by atoms with E-state index in [0.29, 0.717) is 11.8 Å². The topological polar surface area (TPSA) is 66.6 Å². The first-order valence-corrected chi connectivity index (χ1v) is 8.44. The predicted octanol–water partition coefficient (Wildman–Crippen LogP) is 1.13. The quantitative estimate of drug-likeness (QED) is 0.850. The molecule has 0 radical (unpaired) electrons. The molecule has 2 aromatic rings. The summed E-state index contributed by atoms with van der Waals surface area (Å²) in [6.45, 7) is 6.04. The summed E-state index contributed by atoms with van der Waals surface area (Å²) in [7, 11) is 0. The van der Waals surface area contributed by atoms with Gasteiger partial charge in [0.2, 0.25) is 5.82 Å². The van der Waals surface area contributed by atoms with E-state index in [4.69, 9.17) is 0 Å². The molecule has 4 rings (SSSR count). The second kappa shape index (κ2) is 5.88. The molecule has 2 aromatic heterocycles. The Bertz CT molecular complexity index is 720. The van der Waals surface area contributed by atoms with Crippen LogP contribution in [0.15, 0.2) is 12.3 Å². The van der Waals surface area contributed by atoms with Crippen LogP contribution in [0.5, 0.6) is 0 Å². The number of aromatic nitrogens is 4. The fourth-order valence-electron chi connectivity index (χ4n) is 3.68. The van der Waals surface area contributed by atoms with Crippen molar-refractivity contribution in [3.63, 3.8) is 0 Å². The van der Waals surface area contributed by atoms with E-state index in [1.165, 1.54) is 12.8 Å². The number of carbonyl (C=O) groups excluding carboxylic acids is 1. The van der Waals surface area contributed by atoms with E-state index in [0.717, 1.165) is 44.7 Å². The molecule has 2 saturated heterocycles. The molecule has 122 valence electrons. The minimum atomic E-state index is -0.0587. The maximum Gasteiger partial charge on any atom is 0.293 e. The molecule has 23 heavy (non-hydrogen) atoms. The highest BCUT2D eigenvalue weighted by molar-refractivity contribution is 5.91. The maximum atomic E-state index is 12.9. The van der Waals surface area contributed by atoms with Gasteiger partial charge in [-0.25, -0.2) is 9.50 Å². The number of hydrogen-bond donors (Lipinski definition) is 0. The van der Waals surface area contributed by atoms with E-state index in [1.54, 1.807) is 10.7 Å². The number of nitrogens with zero attached hydrogens (tertiary/aromatic N) is 6. The molecule has 0 aliphatic carbocycles. The van der Waals surface area contributed by atoms with Crippen LogP contribution in [-0.2, 0) is 0 Å². The number of likely N-dealkylation sites (tertiary alicyclic amines) is 2. The van der Waals surface area contributed by atoms with E-state index < -0.39 is 0 Å². The van der Waals surface area contributed by atoms with Crippen LogP contribution in [0.2, 0.25) is 0 Å². The van der Waals surface area contributed by atoms with E-state index in [9.17, 15) is 4.79 Å². The molecule has 1 amide bonds. The Kier molecular flexibility index (Phi) is 3.72. The van der Waals surface area contributed by atoms with Gasteiger partial charge in [0.05, 0.1) is 0 Å². The first kappa shape index (κ1) is 14.6. The van der Waals surface area contributed by atoms with Crippen molar-refractivity contribution in [2.75, 3.05) is 26.2 Å². The molecule has 2 aliphatic heterocycles. The lowest BCUT2D eigenvalue weighted by Crippen LogP contribution is -2.42. The predicted molar refractivity (Wildman–Crippen MR) is 85.3 cm³/mol. The van der Waals surface area contributed by atoms with Gasteiger partial charge in [-0.15, -0.1) is 5.10 Å².